The number of nitrogens with zero attached hydrogens (tertiary/aromatic N) is 6. The predicted octanol–water partition coefficient (Wildman–Crippen LogP) is 1.58. The lowest BCUT2D eigenvalue weighted by atomic mass is 9.82. The summed E-state index contributed by atoms with van der Waals surface area (Å²) in [6, 6.07) is 1.69. The molecule has 0 aliphatic rings. The Bertz CT molecular complexity index is 848. The van der Waals surface area contributed by atoms with Crippen LogP contribution in [0.2, 0.25) is 0 Å². The predicted molar refractivity (Wildman–Crippen MR) is 84.6 cm³/mol. The van der Waals surface area contributed by atoms with Crippen LogP contribution >= 0.6 is 0 Å². The molecule has 0 atom stereocenters. The van der Waals surface area contributed by atoms with E-state index >= 15 is 0 Å². The molecule has 0 bridgehead atoms. The number of hydrogen-bond acceptors (Lipinski definition) is 7. The van der Waals surface area contributed by atoms with Gasteiger partial charge in [-0.3, -0.25) is 10.1 Å². The van der Waals surface area contributed by atoms with Crippen molar-refractivity contribution in [1.82, 2.24) is 29.9 Å². The molecule has 124 valence electrons. The van der Waals surface area contributed by atoms with Crippen LogP contribution in [0.5, 0.6) is 0 Å². The highest BCUT2D eigenvalue weighted by molar-refractivity contribution is 5.97. The summed E-state index contributed by atoms with van der Waals surface area (Å²) in [5.74, 6) is 0.911. The monoisotopic (exact) mass is 327 g/mol. The van der Waals surface area contributed by atoms with Crippen molar-refractivity contribution in [2.75, 3.05) is 5.32 Å². The Hall–Kier alpha value is -3.10. The van der Waals surface area contributed by atoms with Gasteiger partial charge in [0.25, 0.3) is 5.95 Å². The first-order chi connectivity index (χ1) is 11.4. The van der Waals surface area contributed by atoms with Crippen LogP contribution in [0.25, 0.3) is 5.95 Å². The lowest BCUT2D eigenvalue weighted by molar-refractivity contribution is -0.120. The zero-order chi connectivity index (χ0) is 17.3. The van der Waals surface area contributed by atoms with E-state index in [1.54, 1.807) is 46.2 Å². The molecule has 0 unspecified atom stereocenters. The van der Waals surface area contributed by atoms with Gasteiger partial charge in [0.1, 0.15) is 12.1 Å². The number of anilines is 1. The number of carbonyl (C=O) groups is 1. The van der Waals surface area contributed by atoms with Gasteiger partial charge in [0.15, 0.2) is 0 Å². The highest BCUT2D eigenvalue weighted by Crippen LogP contribution is 2.30. The Morgan fingerprint density at radius 3 is 2.54 bits per heavy atom. The van der Waals surface area contributed by atoms with Gasteiger partial charge in [0.05, 0.1) is 11.1 Å². The van der Waals surface area contributed by atoms with E-state index in [1.807, 2.05) is 0 Å². The lowest BCUT2D eigenvalue weighted by Crippen LogP contribution is -2.36. The van der Waals surface area contributed by atoms with Gasteiger partial charge in [-0.25, -0.2) is 9.97 Å². The van der Waals surface area contributed by atoms with Crippen molar-refractivity contribution in [3.8, 4) is 5.95 Å². The van der Waals surface area contributed by atoms with Gasteiger partial charge in [0.2, 0.25) is 11.9 Å². The summed E-state index contributed by atoms with van der Waals surface area (Å²) in [6.45, 7) is 7.19. The van der Waals surface area contributed by atoms with E-state index in [0.717, 1.165) is 5.56 Å². The van der Waals surface area contributed by atoms with Crippen molar-refractivity contribution in [3.05, 3.63) is 41.8 Å². The molecule has 0 aliphatic heterocycles. The van der Waals surface area contributed by atoms with Crippen LogP contribution < -0.4 is 5.32 Å². The van der Waals surface area contributed by atoms with Crippen LogP contribution in [0.4, 0.5) is 5.95 Å². The Balaban J connectivity index is 1.90. The van der Waals surface area contributed by atoms with Crippen molar-refractivity contribution < 1.29 is 9.32 Å². The summed E-state index contributed by atoms with van der Waals surface area (Å²) >= 11 is 0. The van der Waals surface area contributed by atoms with Crippen LogP contribution in [0, 0.1) is 13.8 Å². The van der Waals surface area contributed by atoms with E-state index in [9.17, 15) is 4.79 Å². The van der Waals surface area contributed by atoms with E-state index in [0.29, 0.717) is 17.4 Å². The molecule has 0 saturated carbocycles. The van der Waals surface area contributed by atoms with Gasteiger partial charge in [-0.05, 0) is 33.8 Å². The first-order valence-corrected chi connectivity index (χ1v) is 7.33. The van der Waals surface area contributed by atoms with Crippen molar-refractivity contribution in [3.63, 3.8) is 0 Å². The topological polar surface area (TPSA) is 112 Å². The molecule has 0 aromatic carbocycles. The molecule has 9 heteroatoms. The normalized spacial score (nSPS) is 11.5. The summed E-state index contributed by atoms with van der Waals surface area (Å²) < 4.78 is 6.54. The molecule has 1 N–H and O–H groups in total. The van der Waals surface area contributed by atoms with Crippen LogP contribution in [0.1, 0.15) is 30.9 Å². The Morgan fingerprint density at radius 1 is 1.21 bits per heavy atom. The number of carbonyl (C=O) groups excluding carboxylic acids is 1. The minimum absolute atomic E-state index is 0.242. The molecule has 3 rings (SSSR count). The number of amides is 1. The fourth-order valence-corrected chi connectivity index (χ4v) is 2.62. The van der Waals surface area contributed by atoms with Crippen molar-refractivity contribution >= 4 is 11.9 Å². The number of aryl methyl sites for hydroxylation is 2. The highest BCUT2D eigenvalue weighted by Gasteiger charge is 2.36. The van der Waals surface area contributed by atoms with Gasteiger partial charge >= 0.3 is 0 Å². The number of aromatic nitrogens is 6. The third kappa shape index (κ3) is 2.64. The molecule has 3 aromatic rings. The second-order valence-electron chi connectivity index (χ2n) is 5.82. The van der Waals surface area contributed by atoms with E-state index in [-0.39, 0.29) is 11.9 Å². The van der Waals surface area contributed by atoms with Crippen LogP contribution in [-0.4, -0.2) is 35.8 Å². The molecule has 0 saturated heterocycles. The first kappa shape index (κ1) is 15.8. The maximum absolute atomic E-state index is 12.8. The molecule has 0 radical (unpaired) electrons. The van der Waals surface area contributed by atoms with Crippen LogP contribution in [0.3, 0.4) is 0 Å². The molecule has 3 heterocycles. The van der Waals surface area contributed by atoms with Gasteiger partial charge in [-0.1, -0.05) is 5.16 Å². The van der Waals surface area contributed by atoms with Crippen LogP contribution in [-0.2, 0) is 10.2 Å². The SMILES string of the molecule is Cc1noc(C)c1C(C)(C)C(=O)Nc1ncnn1-c1ncccn1. The van der Waals surface area contributed by atoms with E-state index in [4.69, 9.17) is 4.52 Å². The molecule has 24 heavy (non-hydrogen) atoms. The van der Waals surface area contributed by atoms with Crippen LogP contribution in [0.15, 0.2) is 29.3 Å². The maximum Gasteiger partial charge on any atom is 0.253 e. The van der Waals surface area contributed by atoms with E-state index < -0.39 is 5.41 Å². The maximum atomic E-state index is 12.8. The van der Waals surface area contributed by atoms with Gasteiger partial charge in [-0.15, -0.1) is 0 Å². The number of nitrogens with one attached hydrogen (secondary N) is 1. The third-order valence-electron chi connectivity index (χ3n) is 3.74. The fraction of sp³-hybridized carbons (Fsp3) is 0.333. The van der Waals surface area contributed by atoms with Gasteiger partial charge in [-0.2, -0.15) is 14.8 Å². The molecule has 0 aliphatic carbocycles. The summed E-state index contributed by atoms with van der Waals surface area (Å²) in [6.07, 6.45) is 4.50. The van der Waals surface area contributed by atoms with Crippen molar-refractivity contribution in [2.24, 2.45) is 0 Å². The Morgan fingerprint density at radius 2 is 1.92 bits per heavy atom. The molecule has 0 spiro atoms. The number of rotatable bonds is 4. The standard InChI is InChI=1S/C15H17N7O2/c1-9-11(10(2)24-21-9)15(3,4)12(23)20-14-18-8-19-22(14)13-16-6-5-7-17-13/h5-8H,1-4H3,(H,18,19,20,23). The van der Waals surface area contributed by atoms with E-state index in [1.165, 1.54) is 11.0 Å². The second kappa shape index (κ2) is 5.84. The molecule has 3 aromatic heterocycles. The zero-order valence-corrected chi connectivity index (χ0v) is 13.8. The third-order valence-corrected chi connectivity index (χ3v) is 3.74. The van der Waals surface area contributed by atoms with Gasteiger partial charge < -0.3 is 4.52 Å². The average molecular weight is 327 g/mol. The summed E-state index contributed by atoms with van der Waals surface area (Å²) in [5, 5.41) is 10.7. The molecule has 1 amide bonds. The van der Waals surface area contributed by atoms with Crippen molar-refractivity contribution in [1.29, 1.82) is 0 Å². The zero-order valence-electron chi connectivity index (χ0n) is 13.8. The lowest BCUT2D eigenvalue weighted by Gasteiger charge is -2.23. The summed E-state index contributed by atoms with van der Waals surface area (Å²) in [5.41, 5.74) is 0.574. The Labute approximate surface area is 138 Å². The minimum atomic E-state index is -0.859. The summed E-state index contributed by atoms with van der Waals surface area (Å²) in [7, 11) is 0. The minimum Gasteiger partial charge on any atom is -0.361 e. The molecule has 0 fully saturated rings. The smallest absolute Gasteiger partial charge is 0.253 e. The Kier molecular flexibility index (Phi) is 3.84. The fourth-order valence-electron chi connectivity index (χ4n) is 2.62. The second-order valence-corrected chi connectivity index (χ2v) is 5.82. The molecular weight excluding hydrogens is 310 g/mol. The average Bonchev–Trinajstić information content (AvgIpc) is 3.15. The van der Waals surface area contributed by atoms with E-state index in [2.05, 4.69) is 30.5 Å². The number of hydrogen-bond donors (Lipinski definition) is 1. The molecular formula is C15H17N7O2. The van der Waals surface area contributed by atoms with Gasteiger partial charge in [0, 0.05) is 18.0 Å². The first-order valence-electron chi connectivity index (χ1n) is 7.33. The largest absolute Gasteiger partial charge is 0.361 e. The highest BCUT2D eigenvalue weighted by atomic mass is 16.5. The molecule has 9 nitrogen and oxygen atoms in total. The summed E-state index contributed by atoms with van der Waals surface area (Å²) in [4.78, 5) is 25.1. The van der Waals surface area contributed by atoms with Crippen molar-refractivity contribution in [2.45, 2.75) is 33.1 Å². The quantitative estimate of drug-likeness (QED) is 0.774.